The molecule has 0 aromatic heterocycles. The predicted molar refractivity (Wildman–Crippen MR) is 121 cm³/mol. The zero-order valence-electron chi connectivity index (χ0n) is 18.6. The number of hydrogen-bond acceptors (Lipinski definition) is 6. The van der Waals surface area contributed by atoms with Crippen LogP contribution in [-0.2, 0) is 14.3 Å². The lowest BCUT2D eigenvalue weighted by Crippen LogP contribution is -2.56. The van der Waals surface area contributed by atoms with Gasteiger partial charge in [0.25, 0.3) is 5.91 Å². The number of benzene rings is 2. The summed E-state index contributed by atoms with van der Waals surface area (Å²) >= 11 is 0. The molecule has 174 valence electrons. The second kappa shape index (κ2) is 9.80. The van der Waals surface area contributed by atoms with E-state index in [0.29, 0.717) is 64.0 Å². The topological polar surface area (TPSA) is 71.6 Å². The van der Waals surface area contributed by atoms with Gasteiger partial charge in [-0.25, -0.2) is 0 Å². The first-order valence-electron chi connectivity index (χ1n) is 11.5. The fraction of sp³-hybridized carbons (Fsp3) is 0.440. The molecule has 3 aliphatic heterocycles. The van der Waals surface area contributed by atoms with Crippen molar-refractivity contribution >= 4 is 11.8 Å². The van der Waals surface area contributed by atoms with Crippen molar-refractivity contribution in [3.63, 3.8) is 0 Å². The Labute approximate surface area is 193 Å². The first-order chi connectivity index (χ1) is 16.2. The van der Waals surface area contributed by atoms with Crippen LogP contribution in [0.25, 0.3) is 0 Å². The second-order valence-electron chi connectivity index (χ2n) is 8.48. The van der Waals surface area contributed by atoms with Gasteiger partial charge in [-0.15, -0.1) is 0 Å². The van der Waals surface area contributed by atoms with Crippen molar-refractivity contribution in [3.05, 3.63) is 60.2 Å². The fourth-order valence-corrected chi connectivity index (χ4v) is 4.65. The Morgan fingerprint density at radius 2 is 1.45 bits per heavy atom. The monoisotopic (exact) mass is 451 g/mol. The maximum absolute atomic E-state index is 13.5. The van der Waals surface area contributed by atoms with Gasteiger partial charge in [-0.2, -0.15) is 0 Å². The van der Waals surface area contributed by atoms with Crippen molar-refractivity contribution < 1.29 is 23.8 Å². The molecular weight excluding hydrogens is 422 g/mol. The zero-order valence-corrected chi connectivity index (χ0v) is 18.6. The Kier molecular flexibility index (Phi) is 6.46. The highest BCUT2D eigenvalue weighted by molar-refractivity contribution is 5.84. The van der Waals surface area contributed by atoms with Gasteiger partial charge in [0.2, 0.25) is 12.0 Å². The average Bonchev–Trinajstić information content (AvgIpc) is 2.89. The van der Waals surface area contributed by atoms with Crippen molar-refractivity contribution in [2.24, 2.45) is 0 Å². The molecule has 2 amide bonds. The van der Waals surface area contributed by atoms with Crippen molar-refractivity contribution in [1.29, 1.82) is 0 Å². The summed E-state index contributed by atoms with van der Waals surface area (Å²) in [7, 11) is 0. The largest absolute Gasteiger partial charge is 0.485 e. The number of para-hydroxylation sites is 2. The lowest BCUT2D eigenvalue weighted by Gasteiger charge is -2.41. The zero-order chi connectivity index (χ0) is 22.6. The van der Waals surface area contributed by atoms with Crippen LogP contribution in [0.5, 0.6) is 11.5 Å². The molecule has 2 aromatic rings. The molecule has 2 atom stereocenters. The van der Waals surface area contributed by atoms with Crippen LogP contribution in [0.4, 0.5) is 0 Å². The van der Waals surface area contributed by atoms with Crippen LogP contribution < -0.4 is 9.47 Å². The Hall–Kier alpha value is -3.10. The maximum Gasteiger partial charge on any atom is 0.267 e. The number of rotatable bonds is 4. The van der Waals surface area contributed by atoms with Crippen LogP contribution in [0.15, 0.2) is 54.6 Å². The number of amides is 2. The van der Waals surface area contributed by atoms with E-state index >= 15 is 0 Å². The minimum absolute atomic E-state index is 0.0695. The smallest absolute Gasteiger partial charge is 0.267 e. The molecule has 2 unspecified atom stereocenters. The van der Waals surface area contributed by atoms with E-state index < -0.39 is 6.10 Å². The quantitative estimate of drug-likeness (QED) is 0.703. The Bertz CT molecular complexity index is 971. The van der Waals surface area contributed by atoms with E-state index in [4.69, 9.17) is 14.2 Å². The van der Waals surface area contributed by atoms with Gasteiger partial charge in [0.05, 0.1) is 13.2 Å². The molecule has 0 bridgehead atoms. The lowest BCUT2D eigenvalue weighted by atomic mass is 10.0. The number of morpholine rings is 1. The summed E-state index contributed by atoms with van der Waals surface area (Å²) < 4.78 is 17.1. The van der Waals surface area contributed by atoms with Gasteiger partial charge in [-0.1, -0.05) is 42.5 Å². The maximum atomic E-state index is 13.5. The highest BCUT2D eigenvalue weighted by Crippen LogP contribution is 2.32. The molecule has 33 heavy (non-hydrogen) atoms. The molecule has 3 heterocycles. The molecular formula is C25H29N3O5. The van der Waals surface area contributed by atoms with Crippen LogP contribution >= 0.6 is 0 Å². The third-order valence-electron chi connectivity index (χ3n) is 6.45. The van der Waals surface area contributed by atoms with E-state index in [1.54, 1.807) is 0 Å². The summed E-state index contributed by atoms with van der Waals surface area (Å²) in [6.45, 7) is 4.89. The molecule has 2 aromatic carbocycles. The standard InChI is InChI=1S/C25H29N3O5/c29-24(22-18-32-20-8-4-5-9-21(20)33-22)27-12-10-26(11-13-27)23(19-6-2-1-3-7-19)25(30)28-14-16-31-17-15-28/h1-9,22-23H,10-18H2. The lowest BCUT2D eigenvalue weighted by molar-refractivity contribution is -0.146. The van der Waals surface area contributed by atoms with Crippen LogP contribution in [0.3, 0.4) is 0 Å². The number of carbonyl (C=O) groups excluding carboxylic acids is 2. The average molecular weight is 452 g/mol. The van der Waals surface area contributed by atoms with Crippen molar-refractivity contribution in [3.8, 4) is 11.5 Å². The number of piperazine rings is 1. The Balaban J connectivity index is 1.25. The highest BCUT2D eigenvalue weighted by atomic mass is 16.6. The minimum Gasteiger partial charge on any atom is -0.485 e. The van der Waals surface area contributed by atoms with E-state index in [1.165, 1.54) is 0 Å². The molecule has 0 radical (unpaired) electrons. The number of hydrogen-bond donors (Lipinski definition) is 0. The van der Waals surface area contributed by atoms with E-state index in [-0.39, 0.29) is 24.5 Å². The summed E-state index contributed by atoms with van der Waals surface area (Å²) in [6.07, 6.45) is -0.647. The summed E-state index contributed by atoms with van der Waals surface area (Å²) in [5, 5.41) is 0. The van der Waals surface area contributed by atoms with Gasteiger partial charge in [-0.05, 0) is 17.7 Å². The van der Waals surface area contributed by atoms with Crippen LogP contribution in [-0.4, -0.2) is 91.7 Å². The first-order valence-corrected chi connectivity index (χ1v) is 11.5. The van der Waals surface area contributed by atoms with Crippen molar-refractivity contribution in [2.75, 3.05) is 59.1 Å². The molecule has 3 aliphatic rings. The van der Waals surface area contributed by atoms with E-state index in [9.17, 15) is 9.59 Å². The van der Waals surface area contributed by atoms with E-state index in [2.05, 4.69) is 4.90 Å². The minimum atomic E-state index is -0.647. The number of carbonyl (C=O) groups is 2. The molecule has 8 heteroatoms. The van der Waals surface area contributed by atoms with Gasteiger partial charge in [0.1, 0.15) is 12.6 Å². The second-order valence-corrected chi connectivity index (χ2v) is 8.48. The Morgan fingerprint density at radius 1 is 0.788 bits per heavy atom. The van der Waals surface area contributed by atoms with E-state index in [0.717, 1.165) is 5.56 Å². The van der Waals surface area contributed by atoms with Gasteiger partial charge >= 0.3 is 0 Å². The van der Waals surface area contributed by atoms with Crippen LogP contribution in [0.1, 0.15) is 11.6 Å². The summed E-state index contributed by atoms with van der Waals surface area (Å²) in [5.74, 6) is 1.30. The number of ether oxygens (including phenoxy) is 3. The summed E-state index contributed by atoms with van der Waals surface area (Å²) in [5.41, 5.74) is 0.981. The molecule has 5 rings (SSSR count). The number of nitrogens with zero attached hydrogens (tertiary/aromatic N) is 3. The summed E-state index contributed by atoms with van der Waals surface area (Å²) in [4.78, 5) is 32.5. The van der Waals surface area contributed by atoms with Crippen molar-refractivity contribution in [1.82, 2.24) is 14.7 Å². The van der Waals surface area contributed by atoms with Crippen molar-refractivity contribution in [2.45, 2.75) is 12.1 Å². The first kappa shape index (κ1) is 21.7. The number of fused-ring (bicyclic) bond motifs is 1. The highest BCUT2D eigenvalue weighted by Gasteiger charge is 2.37. The molecule has 0 N–H and O–H groups in total. The normalized spacial score (nSPS) is 22.0. The van der Waals surface area contributed by atoms with Gasteiger partial charge in [0.15, 0.2) is 11.5 Å². The van der Waals surface area contributed by atoms with E-state index in [1.807, 2.05) is 64.4 Å². The van der Waals surface area contributed by atoms with Crippen LogP contribution in [0, 0.1) is 0 Å². The molecule has 0 saturated carbocycles. The van der Waals surface area contributed by atoms with Gasteiger partial charge in [-0.3, -0.25) is 14.5 Å². The molecule has 2 fully saturated rings. The molecule has 2 saturated heterocycles. The molecule has 0 aliphatic carbocycles. The summed E-state index contributed by atoms with van der Waals surface area (Å²) in [6, 6.07) is 16.9. The van der Waals surface area contributed by atoms with Gasteiger partial charge < -0.3 is 24.0 Å². The SMILES string of the molecule is O=C(C1COc2ccccc2O1)N1CCN(C(C(=O)N2CCOCC2)c2ccccc2)CC1. The third kappa shape index (κ3) is 4.67. The van der Waals surface area contributed by atoms with Crippen LogP contribution in [0.2, 0.25) is 0 Å². The molecule has 0 spiro atoms. The Morgan fingerprint density at radius 3 is 2.18 bits per heavy atom. The van der Waals surface area contributed by atoms with Gasteiger partial charge in [0, 0.05) is 39.3 Å². The molecule has 8 nitrogen and oxygen atoms in total. The third-order valence-corrected chi connectivity index (χ3v) is 6.45. The fourth-order valence-electron chi connectivity index (χ4n) is 4.65. The predicted octanol–water partition coefficient (Wildman–Crippen LogP) is 1.57.